The number of hydrogen-bond acceptors (Lipinski definition) is 5. The number of carbonyl (C=O) groups excluding carboxylic acids is 1. The number of carbonyl (C=O) groups is 1. The minimum absolute atomic E-state index is 0.168. The molecule has 1 amide bonds. The van der Waals surface area contributed by atoms with Crippen LogP contribution in [0.3, 0.4) is 0 Å². The monoisotopic (exact) mass is 478 g/mol. The molecule has 2 N–H and O–H groups in total. The predicted octanol–water partition coefficient (Wildman–Crippen LogP) is 3.94. The van der Waals surface area contributed by atoms with E-state index in [4.69, 9.17) is 9.47 Å². The fraction of sp³-hybridized carbons (Fsp3) is 0.321. The molecule has 35 heavy (non-hydrogen) atoms. The molecule has 3 atom stereocenters. The van der Waals surface area contributed by atoms with Crippen molar-refractivity contribution >= 4 is 5.91 Å². The van der Waals surface area contributed by atoms with Gasteiger partial charge in [0.15, 0.2) is 11.6 Å². The first-order chi connectivity index (χ1) is 17.0. The second-order valence-corrected chi connectivity index (χ2v) is 8.71. The number of benzene rings is 2. The molecule has 2 aromatic carbocycles. The number of allylic oxidation sites excluding steroid dienone is 2. The number of nitrogens with zero attached hydrogens (tertiary/aromatic N) is 1. The van der Waals surface area contributed by atoms with Crippen molar-refractivity contribution < 1.29 is 23.8 Å². The average Bonchev–Trinajstić information content (AvgIpc) is 3.24. The summed E-state index contributed by atoms with van der Waals surface area (Å²) in [6.45, 7) is 1.22. The van der Waals surface area contributed by atoms with E-state index in [0.29, 0.717) is 29.7 Å². The van der Waals surface area contributed by atoms with Gasteiger partial charge in [-0.15, -0.1) is 0 Å². The molecule has 0 saturated heterocycles. The predicted molar refractivity (Wildman–Crippen MR) is 134 cm³/mol. The zero-order chi connectivity index (χ0) is 24.8. The highest BCUT2D eigenvalue weighted by molar-refractivity contribution is 5.95. The van der Waals surface area contributed by atoms with E-state index in [1.165, 1.54) is 13.2 Å². The first kappa shape index (κ1) is 24.7. The first-order valence-electron chi connectivity index (χ1n) is 11.7. The number of aliphatic hydroxyl groups excluding tert-OH is 1. The summed E-state index contributed by atoms with van der Waals surface area (Å²) in [6, 6.07) is 11.5. The van der Waals surface area contributed by atoms with Crippen LogP contribution in [0.15, 0.2) is 78.5 Å². The van der Waals surface area contributed by atoms with Gasteiger partial charge < -0.3 is 24.8 Å². The summed E-state index contributed by atoms with van der Waals surface area (Å²) >= 11 is 0. The summed E-state index contributed by atoms with van der Waals surface area (Å²) in [7, 11) is 3.10. The highest BCUT2D eigenvalue weighted by Crippen LogP contribution is 2.35. The molecule has 0 saturated carbocycles. The highest BCUT2D eigenvalue weighted by Gasteiger charge is 2.33. The largest absolute Gasteiger partial charge is 0.494 e. The molecule has 7 heteroatoms. The zero-order valence-electron chi connectivity index (χ0n) is 20.0. The Kier molecular flexibility index (Phi) is 8.00. The van der Waals surface area contributed by atoms with Crippen molar-refractivity contribution in [2.45, 2.75) is 18.5 Å². The summed E-state index contributed by atoms with van der Waals surface area (Å²) in [6.07, 6.45) is 11.1. The van der Waals surface area contributed by atoms with E-state index in [1.807, 2.05) is 18.2 Å². The maximum atomic E-state index is 14.2. The minimum Gasteiger partial charge on any atom is -0.494 e. The average molecular weight is 479 g/mol. The molecule has 2 aromatic rings. The molecule has 1 heterocycles. The Balaban J connectivity index is 1.46. The number of nitrogens with one attached hydrogen (secondary N) is 1. The van der Waals surface area contributed by atoms with E-state index in [-0.39, 0.29) is 30.2 Å². The van der Waals surface area contributed by atoms with Crippen LogP contribution in [0.1, 0.15) is 16.8 Å². The Bertz CT molecular complexity index is 1140. The van der Waals surface area contributed by atoms with Gasteiger partial charge in [-0.25, -0.2) is 4.39 Å². The molecule has 2 aliphatic rings. The topological polar surface area (TPSA) is 71.0 Å². The van der Waals surface area contributed by atoms with Gasteiger partial charge in [0.25, 0.3) is 5.91 Å². The van der Waals surface area contributed by atoms with E-state index in [1.54, 1.807) is 37.4 Å². The van der Waals surface area contributed by atoms with Gasteiger partial charge in [0.2, 0.25) is 0 Å². The van der Waals surface area contributed by atoms with Gasteiger partial charge in [0.05, 0.1) is 32.4 Å². The van der Waals surface area contributed by atoms with Crippen LogP contribution >= 0.6 is 0 Å². The van der Waals surface area contributed by atoms with Gasteiger partial charge in [0, 0.05) is 25.1 Å². The molecule has 1 aliphatic heterocycles. The maximum absolute atomic E-state index is 14.2. The minimum atomic E-state index is -0.463. The van der Waals surface area contributed by atoms with Crippen molar-refractivity contribution in [3.05, 3.63) is 89.9 Å². The maximum Gasteiger partial charge on any atom is 0.251 e. The van der Waals surface area contributed by atoms with Crippen LogP contribution in [0.2, 0.25) is 0 Å². The van der Waals surface area contributed by atoms with Gasteiger partial charge in [-0.3, -0.25) is 4.79 Å². The van der Waals surface area contributed by atoms with Crippen molar-refractivity contribution in [2.75, 3.05) is 34.0 Å². The van der Waals surface area contributed by atoms with Crippen LogP contribution in [0.4, 0.5) is 4.39 Å². The van der Waals surface area contributed by atoms with Crippen LogP contribution in [-0.4, -0.2) is 62.0 Å². The lowest BCUT2D eigenvalue weighted by atomic mass is 9.88. The number of aliphatic hydroxyl groups is 1. The third-order valence-electron chi connectivity index (χ3n) is 6.45. The normalized spacial score (nSPS) is 19.3. The van der Waals surface area contributed by atoms with E-state index in [0.717, 1.165) is 12.1 Å². The summed E-state index contributed by atoms with van der Waals surface area (Å²) < 4.78 is 24.4. The number of amides is 1. The lowest BCUT2D eigenvalue weighted by Crippen LogP contribution is -2.38. The number of methoxy groups -OCH3 is 2. The molecule has 1 aliphatic carbocycles. The highest BCUT2D eigenvalue weighted by atomic mass is 19.1. The van der Waals surface area contributed by atoms with E-state index >= 15 is 0 Å². The molecule has 184 valence electrons. The Morgan fingerprint density at radius 2 is 1.94 bits per heavy atom. The molecule has 0 aromatic heterocycles. The summed E-state index contributed by atoms with van der Waals surface area (Å²) in [4.78, 5) is 15.3. The van der Waals surface area contributed by atoms with Gasteiger partial charge >= 0.3 is 0 Å². The lowest BCUT2D eigenvalue weighted by molar-refractivity contribution is 0.0916. The molecule has 6 nitrogen and oxygen atoms in total. The smallest absolute Gasteiger partial charge is 0.251 e. The summed E-state index contributed by atoms with van der Waals surface area (Å²) in [5.41, 5.74) is 2.97. The molecular weight excluding hydrogens is 447 g/mol. The molecule has 2 unspecified atom stereocenters. The van der Waals surface area contributed by atoms with Gasteiger partial charge in [-0.05, 0) is 53.6 Å². The zero-order valence-corrected chi connectivity index (χ0v) is 20.0. The second-order valence-electron chi connectivity index (χ2n) is 8.71. The van der Waals surface area contributed by atoms with E-state index in [2.05, 4.69) is 28.6 Å². The van der Waals surface area contributed by atoms with Crippen LogP contribution in [0, 0.1) is 11.7 Å². The number of halogens is 1. The van der Waals surface area contributed by atoms with Crippen molar-refractivity contribution in [3.63, 3.8) is 0 Å². The Morgan fingerprint density at radius 3 is 2.69 bits per heavy atom. The standard InChI is InChI=1S/C28H31FN2O4/c1-34-13-12-31-17-22(24-8-3-4-9-26(24)31)15-23(18-32)30-28(33)21-7-5-6-19(14-21)20-10-11-27(35-2)25(29)16-20/h3-11,14,16-17,23-24,26,32H,12-13,15,18H2,1-2H3,(H,30,33)/t23-,24?,26?/m1/s1. The number of fused-ring (bicyclic) bond motifs is 1. The molecule has 0 radical (unpaired) electrons. The third kappa shape index (κ3) is 5.63. The van der Waals surface area contributed by atoms with Crippen LogP contribution in [0.25, 0.3) is 11.1 Å². The fourth-order valence-corrected chi connectivity index (χ4v) is 4.64. The number of ether oxygens (including phenoxy) is 2. The SMILES string of the molecule is COCCN1C=C(C[C@H](CO)NC(=O)c2cccc(-c3ccc(OC)c(F)c3)c2)C2C=CC=CC21. The fourth-order valence-electron chi connectivity index (χ4n) is 4.64. The van der Waals surface area contributed by atoms with E-state index < -0.39 is 11.9 Å². The van der Waals surface area contributed by atoms with Crippen molar-refractivity contribution in [1.82, 2.24) is 10.2 Å². The Labute approximate surface area is 205 Å². The number of rotatable bonds is 10. The summed E-state index contributed by atoms with van der Waals surface area (Å²) in [5, 5.41) is 13.0. The quantitative estimate of drug-likeness (QED) is 0.541. The molecule has 4 rings (SSSR count). The number of hydrogen-bond donors (Lipinski definition) is 2. The van der Waals surface area contributed by atoms with Gasteiger partial charge in [-0.1, -0.05) is 42.5 Å². The summed E-state index contributed by atoms with van der Waals surface area (Å²) in [5.74, 6) is -0.378. The van der Waals surface area contributed by atoms with Crippen molar-refractivity contribution in [1.29, 1.82) is 0 Å². The Hall–Kier alpha value is -3.42. The third-order valence-corrected chi connectivity index (χ3v) is 6.45. The molecule has 0 spiro atoms. The van der Waals surface area contributed by atoms with E-state index in [9.17, 15) is 14.3 Å². The van der Waals surface area contributed by atoms with Gasteiger partial charge in [0.1, 0.15) is 0 Å². The Morgan fingerprint density at radius 1 is 1.14 bits per heavy atom. The molecule has 0 bridgehead atoms. The van der Waals surface area contributed by atoms with Crippen LogP contribution < -0.4 is 10.1 Å². The second kappa shape index (κ2) is 11.3. The lowest BCUT2D eigenvalue weighted by Gasteiger charge is -2.28. The van der Waals surface area contributed by atoms with Crippen molar-refractivity contribution in [3.8, 4) is 16.9 Å². The van der Waals surface area contributed by atoms with Crippen molar-refractivity contribution in [2.24, 2.45) is 5.92 Å². The van der Waals surface area contributed by atoms with Gasteiger partial charge in [-0.2, -0.15) is 0 Å². The molecular formula is C28H31FN2O4. The molecule has 0 fully saturated rings. The first-order valence-corrected chi connectivity index (χ1v) is 11.7. The van der Waals surface area contributed by atoms with Crippen LogP contribution in [-0.2, 0) is 4.74 Å². The van der Waals surface area contributed by atoms with Crippen LogP contribution in [0.5, 0.6) is 5.75 Å².